The number of rotatable bonds is 5. The molecule has 7 nitrogen and oxygen atoms in total. The monoisotopic (exact) mass is 410 g/mol. The quantitative estimate of drug-likeness (QED) is 0.651. The van der Waals surface area contributed by atoms with Crippen molar-refractivity contribution in [3.63, 3.8) is 0 Å². The van der Waals surface area contributed by atoms with Crippen LogP contribution in [0.25, 0.3) is 10.8 Å². The van der Waals surface area contributed by atoms with Crippen LogP contribution in [0.5, 0.6) is 0 Å². The van der Waals surface area contributed by atoms with Gasteiger partial charge in [0.1, 0.15) is 0 Å². The van der Waals surface area contributed by atoms with Crippen LogP contribution in [-0.4, -0.2) is 33.9 Å². The first-order chi connectivity index (χ1) is 13.9. The lowest BCUT2D eigenvalue weighted by atomic mass is 10.0. The van der Waals surface area contributed by atoms with E-state index >= 15 is 0 Å². The first kappa shape index (κ1) is 18.9. The molecule has 1 heterocycles. The highest BCUT2D eigenvalue weighted by atomic mass is 32.2. The molecule has 1 amide bonds. The SMILES string of the molecule is CCN1C(=O)c2cccc3c(NS(=O)(=O)c4ccc(C(=O)OC)cc4)ccc1c23. The fraction of sp³-hybridized carbons (Fsp3) is 0.143. The summed E-state index contributed by atoms with van der Waals surface area (Å²) in [6.45, 7) is 2.42. The number of sulfonamides is 1. The number of ether oxygens (including phenoxy) is 1. The average Bonchev–Trinajstić information content (AvgIpc) is 3.02. The summed E-state index contributed by atoms with van der Waals surface area (Å²) < 4.78 is 32.9. The molecule has 0 saturated heterocycles. The summed E-state index contributed by atoms with van der Waals surface area (Å²) >= 11 is 0. The standard InChI is InChI=1S/C21H18N2O5S/c1-3-23-18-12-11-17(15-5-4-6-16(19(15)18)20(23)24)22-29(26,27)14-9-7-13(8-10-14)21(25)28-2/h4-12,22H,3H2,1-2H3. The number of amides is 1. The maximum atomic E-state index is 12.9. The second-order valence-electron chi connectivity index (χ2n) is 6.53. The van der Waals surface area contributed by atoms with Gasteiger partial charge in [-0.15, -0.1) is 0 Å². The molecule has 0 radical (unpaired) electrons. The van der Waals surface area contributed by atoms with E-state index in [1.165, 1.54) is 31.4 Å². The average molecular weight is 410 g/mol. The number of hydrogen-bond acceptors (Lipinski definition) is 5. The lowest BCUT2D eigenvalue weighted by molar-refractivity contribution is 0.0600. The molecule has 0 unspecified atom stereocenters. The van der Waals surface area contributed by atoms with Gasteiger partial charge in [0.2, 0.25) is 0 Å². The smallest absolute Gasteiger partial charge is 0.337 e. The molecule has 0 atom stereocenters. The Morgan fingerprint density at radius 2 is 1.79 bits per heavy atom. The van der Waals surface area contributed by atoms with Gasteiger partial charge in [-0.3, -0.25) is 9.52 Å². The molecule has 1 aliphatic heterocycles. The van der Waals surface area contributed by atoms with Crippen molar-refractivity contribution >= 4 is 44.0 Å². The Bertz CT molecular complexity index is 1250. The van der Waals surface area contributed by atoms with Gasteiger partial charge < -0.3 is 9.64 Å². The van der Waals surface area contributed by atoms with Crippen LogP contribution >= 0.6 is 0 Å². The minimum atomic E-state index is -3.89. The Morgan fingerprint density at radius 1 is 1.07 bits per heavy atom. The van der Waals surface area contributed by atoms with Gasteiger partial charge in [-0.1, -0.05) is 12.1 Å². The fourth-order valence-electron chi connectivity index (χ4n) is 3.54. The topological polar surface area (TPSA) is 92.8 Å². The molecule has 1 N–H and O–H groups in total. The van der Waals surface area contributed by atoms with E-state index in [0.717, 1.165) is 11.1 Å². The van der Waals surface area contributed by atoms with E-state index in [9.17, 15) is 18.0 Å². The number of nitrogens with zero attached hydrogens (tertiary/aromatic N) is 1. The Balaban J connectivity index is 1.75. The van der Waals surface area contributed by atoms with Crippen molar-refractivity contribution in [1.82, 2.24) is 0 Å². The lowest BCUT2D eigenvalue weighted by Gasteiger charge is -2.16. The summed E-state index contributed by atoms with van der Waals surface area (Å²) in [5, 5.41) is 1.39. The molecule has 1 aliphatic rings. The number of nitrogens with one attached hydrogen (secondary N) is 1. The summed E-state index contributed by atoms with van der Waals surface area (Å²) in [5.41, 5.74) is 1.97. The highest BCUT2D eigenvalue weighted by Crippen LogP contribution is 2.40. The van der Waals surface area contributed by atoms with E-state index in [4.69, 9.17) is 0 Å². The summed E-state index contributed by atoms with van der Waals surface area (Å²) in [5.74, 6) is -0.633. The van der Waals surface area contributed by atoms with E-state index < -0.39 is 16.0 Å². The molecule has 29 heavy (non-hydrogen) atoms. The fourth-order valence-corrected chi connectivity index (χ4v) is 4.62. The lowest BCUT2D eigenvalue weighted by Crippen LogP contribution is -2.25. The van der Waals surface area contributed by atoms with E-state index in [-0.39, 0.29) is 16.4 Å². The predicted octanol–water partition coefficient (Wildman–Crippen LogP) is 3.41. The molecule has 0 saturated carbocycles. The third-order valence-electron chi connectivity index (χ3n) is 4.93. The first-order valence-electron chi connectivity index (χ1n) is 8.96. The minimum absolute atomic E-state index is 0.0136. The van der Waals surface area contributed by atoms with E-state index in [1.807, 2.05) is 6.92 Å². The third-order valence-corrected chi connectivity index (χ3v) is 6.31. The highest BCUT2D eigenvalue weighted by Gasteiger charge is 2.29. The summed E-state index contributed by atoms with van der Waals surface area (Å²) in [6.07, 6.45) is 0. The van der Waals surface area contributed by atoms with E-state index in [2.05, 4.69) is 9.46 Å². The van der Waals surface area contributed by atoms with Crippen molar-refractivity contribution in [2.45, 2.75) is 11.8 Å². The second-order valence-corrected chi connectivity index (χ2v) is 8.21. The van der Waals surface area contributed by atoms with E-state index in [0.29, 0.717) is 23.2 Å². The predicted molar refractivity (Wildman–Crippen MR) is 110 cm³/mol. The zero-order valence-electron chi connectivity index (χ0n) is 15.8. The molecular weight excluding hydrogens is 392 g/mol. The van der Waals surface area contributed by atoms with Gasteiger partial charge in [0.05, 0.1) is 28.9 Å². The van der Waals surface area contributed by atoms with Gasteiger partial charge in [0.25, 0.3) is 15.9 Å². The van der Waals surface area contributed by atoms with Crippen LogP contribution in [0, 0.1) is 0 Å². The molecule has 0 fully saturated rings. The third kappa shape index (κ3) is 3.01. The molecule has 0 spiro atoms. The van der Waals surface area contributed by atoms with Crippen molar-refractivity contribution < 1.29 is 22.7 Å². The van der Waals surface area contributed by atoms with Gasteiger partial charge >= 0.3 is 5.97 Å². The molecule has 3 aromatic rings. The van der Waals surface area contributed by atoms with Crippen LogP contribution in [-0.2, 0) is 14.8 Å². The van der Waals surface area contributed by atoms with Crippen molar-refractivity contribution in [2.24, 2.45) is 0 Å². The summed E-state index contributed by atoms with van der Waals surface area (Å²) in [7, 11) is -2.63. The van der Waals surface area contributed by atoms with Crippen LogP contribution in [0.3, 0.4) is 0 Å². The van der Waals surface area contributed by atoms with Gasteiger partial charge in [-0.05, 0) is 49.4 Å². The number of benzene rings is 3. The van der Waals surface area contributed by atoms with Crippen molar-refractivity contribution in [1.29, 1.82) is 0 Å². The minimum Gasteiger partial charge on any atom is -0.465 e. The number of anilines is 2. The Kier molecular flexibility index (Phi) is 4.50. The Morgan fingerprint density at radius 3 is 2.45 bits per heavy atom. The van der Waals surface area contributed by atoms with E-state index in [1.54, 1.807) is 35.2 Å². The van der Waals surface area contributed by atoms with Crippen molar-refractivity contribution in [3.8, 4) is 0 Å². The molecule has 4 rings (SSSR count). The number of esters is 1. The molecule has 0 aliphatic carbocycles. The van der Waals surface area contributed by atoms with Crippen LogP contribution in [0.4, 0.5) is 11.4 Å². The number of hydrogen-bond donors (Lipinski definition) is 1. The molecule has 148 valence electrons. The second kappa shape index (κ2) is 6.89. The van der Waals surface area contributed by atoms with Gasteiger partial charge in [-0.25, -0.2) is 13.2 Å². The molecule has 8 heteroatoms. The number of methoxy groups -OCH3 is 1. The maximum absolute atomic E-state index is 12.9. The maximum Gasteiger partial charge on any atom is 0.337 e. The largest absolute Gasteiger partial charge is 0.465 e. The zero-order chi connectivity index (χ0) is 20.8. The molecule has 0 aromatic heterocycles. The van der Waals surface area contributed by atoms with Crippen molar-refractivity contribution in [3.05, 3.63) is 65.7 Å². The Hall–Kier alpha value is -3.39. The van der Waals surface area contributed by atoms with Crippen LogP contribution in [0.15, 0.2) is 59.5 Å². The Labute approximate surface area is 167 Å². The van der Waals surface area contributed by atoms with Gasteiger partial charge in [0.15, 0.2) is 0 Å². The molecular formula is C21H18N2O5S. The van der Waals surface area contributed by atoms with Gasteiger partial charge in [0, 0.05) is 22.9 Å². The molecule has 0 bridgehead atoms. The number of carbonyl (C=O) groups is 2. The summed E-state index contributed by atoms with van der Waals surface area (Å²) in [6, 6.07) is 14.1. The normalized spacial score (nSPS) is 13.0. The van der Waals surface area contributed by atoms with Crippen LogP contribution < -0.4 is 9.62 Å². The highest BCUT2D eigenvalue weighted by molar-refractivity contribution is 7.92. The van der Waals surface area contributed by atoms with Crippen LogP contribution in [0.2, 0.25) is 0 Å². The van der Waals surface area contributed by atoms with Gasteiger partial charge in [-0.2, -0.15) is 0 Å². The van der Waals surface area contributed by atoms with Crippen LogP contribution in [0.1, 0.15) is 27.6 Å². The zero-order valence-corrected chi connectivity index (χ0v) is 16.6. The summed E-state index contributed by atoms with van der Waals surface area (Å²) in [4.78, 5) is 25.8. The number of carbonyl (C=O) groups excluding carboxylic acids is 2. The van der Waals surface area contributed by atoms with Crippen molar-refractivity contribution in [2.75, 3.05) is 23.3 Å². The first-order valence-corrected chi connectivity index (χ1v) is 10.4. The molecule has 3 aromatic carbocycles.